The molecule has 0 amide bonds. The van der Waals surface area contributed by atoms with Gasteiger partial charge in [0.2, 0.25) is 0 Å². The van der Waals surface area contributed by atoms with E-state index in [9.17, 15) is 9.36 Å². The quantitative estimate of drug-likeness (QED) is 0.326. The molecule has 0 radical (unpaired) electrons. The summed E-state index contributed by atoms with van der Waals surface area (Å²) in [5.74, 6) is -0.0532. The third kappa shape index (κ3) is 6.26. The number of ketones is 1. The minimum Gasteiger partial charge on any atom is -0.301 e. The van der Waals surface area contributed by atoms with E-state index in [0.717, 1.165) is 16.9 Å². The lowest BCUT2D eigenvalue weighted by Gasteiger charge is -2.22. The molecule has 0 N–H and O–H groups in total. The van der Waals surface area contributed by atoms with Crippen LogP contribution in [0.25, 0.3) is 0 Å². The predicted octanol–water partition coefficient (Wildman–Crippen LogP) is 6.57. The lowest BCUT2D eigenvalue weighted by Crippen LogP contribution is -2.06. The molecule has 140 valence electrons. The summed E-state index contributed by atoms with van der Waals surface area (Å²) in [6.07, 6.45) is 0.181. The first-order valence-electron chi connectivity index (χ1n) is 8.38. The largest absolute Gasteiger partial charge is 0.389 e. The van der Waals surface area contributed by atoms with E-state index < -0.39 is 6.80 Å². The maximum Gasteiger partial charge on any atom is 0.389 e. The van der Waals surface area contributed by atoms with Gasteiger partial charge in [-0.05, 0) is 55.1 Å². The highest BCUT2D eigenvalue weighted by Gasteiger charge is 2.32. The molecule has 2 aromatic carbocycles. The number of carbonyl (C=O) groups is 1. The van der Waals surface area contributed by atoms with Crippen molar-refractivity contribution in [3.8, 4) is 0 Å². The van der Waals surface area contributed by atoms with Crippen molar-refractivity contribution in [3.63, 3.8) is 0 Å². The van der Waals surface area contributed by atoms with Gasteiger partial charge in [0.25, 0.3) is 0 Å². The van der Waals surface area contributed by atoms with Gasteiger partial charge in [-0.15, -0.1) is 0 Å². The van der Waals surface area contributed by atoms with Crippen LogP contribution in [0, 0.1) is 0 Å². The Hall–Kier alpha value is -1.10. The molecule has 0 saturated carbocycles. The Bertz CT molecular complexity index is 742. The Morgan fingerprint density at radius 1 is 1.04 bits per heavy atom. The van der Waals surface area contributed by atoms with Crippen LogP contribution in [-0.4, -0.2) is 19.0 Å². The zero-order chi connectivity index (χ0) is 19.0. The van der Waals surface area contributed by atoms with E-state index in [2.05, 4.69) is 0 Å². The van der Waals surface area contributed by atoms with Gasteiger partial charge in [-0.3, -0.25) is 4.79 Å². The van der Waals surface area contributed by atoms with Crippen LogP contribution >= 0.6 is 29.8 Å². The fraction of sp³-hybridized carbons (Fsp3) is 0.316. The third-order valence-corrected chi connectivity index (χ3v) is 8.06. The molecule has 0 aromatic heterocycles. The fourth-order valence-electron chi connectivity index (χ4n) is 2.38. The topological polar surface area (TPSA) is 52.6 Å². The summed E-state index contributed by atoms with van der Waals surface area (Å²) in [4.78, 5) is 12.7. The Labute approximate surface area is 163 Å². The molecule has 0 aliphatic carbocycles. The van der Waals surface area contributed by atoms with Gasteiger partial charge < -0.3 is 9.05 Å². The summed E-state index contributed by atoms with van der Waals surface area (Å²) in [5, 5.41) is 0.232. The summed E-state index contributed by atoms with van der Waals surface area (Å²) in [5.41, 5.74) is 1.47. The zero-order valence-corrected chi connectivity index (χ0v) is 17.2. The number of Topliss-reactive ketones (excluding diaryl/α,β-unsaturated/α-hetero) is 1. The zero-order valence-electron chi connectivity index (χ0n) is 14.8. The molecule has 4 nitrogen and oxygen atoms in total. The number of hydrogen-bond acceptors (Lipinski definition) is 5. The van der Waals surface area contributed by atoms with Gasteiger partial charge in [0.15, 0.2) is 5.78 Å². The van der Waals surface area contributed by atoms with Crippen LogP contribution in [0.2, 0.25) is 5.02 Å². The minimum atomic E-state index is -3.35. The maximum absolute atomic E-state index is 12.9. The second kappa shape index (κ2) is 10.3. The molecular weight excluding hydrogens is 391 g/mol. The average molecular weight is 413 g/mol. The van der Waals surface area contributed by atoms with Crippen molar-refractivity contribution in [3.05, 3.63) is 70.7 Å². The van der Waals surface area contributed by atoms with E-state index in [-0.39, 0.29) is 30.7 Å². The first-order valence-corrected chi connectivity index (χ1v) is 11.8. The molecule has 0 aliphatic rings. The lowest BCUT2D eigenvalue weighted by molar-refractivity contribution is 0.0982. The Morgan fingerprint density at radius 2 is 1.62 bits per heavy atom. The highest BCUT2D eigenvalue weighted by Crippen LogP contribution is 2.66. The van der Waals surface area contributed by atoms with Gasteiger partial charge in [-0.25, -0.2) is 4.57 Å². The lowest BCUT2D eigenvalue weighted by atomic mass is 10.0. The van der Waals surface area contributed by atoms with Gasteiger partial charge in [0.05, 0.1) is 13.2 Å². The maximum atomic E-state index is 12.9. The molecule has 1 atom stereocenters. The van der Waals surface area contributed by atoms with E-state index in [1.54, 1.807) is 38.1 Å². The van der Waals surface area contributed by atoms with Crippen molar-refractivity contribution >= 4 is 35.6 Å². The molecular formula is C19H22ClO4PS. The van der Waals surface area contributed by atoms with Crippen LogP contribution in [0.15, 0.2) is 54.6 Å². The molecule has 0 aliphatic heterocycles. The Kier molecular flexibility index (Phi) is 8.39. The Balaban J connectivity index is 2.25. The summed E-state index contributed by atoms with van der Waals surface area (Å²) < 4.78 is 23.7. The molecule has 0 saturated heterocycles. The van der Waals surface area contributed by atoms with Crippen molar-refractivity contribution in [2.24, 2.45) is 0 Å². The number of rotatable bonds is 10. The second-order valence-corrected chi connectivity index (χ2v) is 10.0. The standard InChI is InChI=1S/C19H22ClO4PS/c1-3-23-25(22,24-4-2)26-19(16-8-6-5-7-9-16)14-18(21)15-10-12-17(20)13-11-15/h5-13,19H,3-4,14H2,1-2H3/t19-/m1/s1. The van der Waals surface area contributed by atoms with E-state index >= 15 is 0 Å². The van der Waals surface area contributed by atoms with Crippen LogP contribution < -0.4 is 0 Å². The van der Waals surface area contributed by atoms with E-state index in [0.29, 0.717) is 10.6 Å². The van der Waals surface area contributed by atoms with Crippen molar-refractivity contribution < 1.29 is 18.4 Å². The highest BCUT2D eigenvalue weighted by molar-refractivity contribution is 8.55. The third-order valence-electron chi connectivity index (χ3n) is 3.54. The molecule has 2 rings (SSSR count). The number of benzene rings is 2. The van der Waals surface area contributed by atoms with Gasteiger partial charge >= 0.3 is 6.80 Å². The van der Waals surface area contributed by atoms with E-state index in [1.807, 2.05) is 30.3 Å². The van der Waals surface area contributed by atoms with Crippen LogP contribution in [0.1, 0.15) is 41.4 Å². The SMILES string of the molecule is CCOP(=O)(OCC)S[C@H](CC(=O)c1ccc(Cl)cc1)c1ccccc1. The first kappa shape index (κ1) is 21.2. The molecule has 2 aromatic rings. The summed E-state index contributed by atoms with van der Waals surface area (Å²) in [6, 6.07) is 16.3. The first-order chi connectivity index (χ1) is 12.5. The van der Waals surface area contributed by atoms with Crippen LogP contribution in [0.5, 0.6) is 0 Å². The number of hydrogen-bond donors (Lipinski definition) is 0. The van der Waals surface area contributed by atoms with Crippen LogP contribution in [0.3, 0.4) is 0 Å². The highest BCUT2D eigenvalue weighted by atomic mass is 35.5. The average Bonchev–Trinajstić information content (AvgIpc) is 2.63. The van der Waals surface area contributed by atoms with Crippen molar-refractivity contribution in [1.29, 1.82) is 0 Å². The van der Waals surface area contributed by atoms with Gasteiger partial charge in [-0.1, -0.05) is 41.9 Å². The van der Waals surface area contributed by atoms with Gasteiger partial charge in [-0.2, -0.15) is 0 Å². The summed E-state index contributed by atoms with van der Waals surface area (Å²) >= 11 is 6.97. The molecule has 0 heterocycles. The molecule has 0 bridgehead atoms. The van der Waals surface area contributed by atoms with Crippen LogP contribution in [-0.2, 0) is 13.6 Å². The molecule has 0 spiro atoms. The van der Waals surface area contributed by atoms with E-state index in [4.69, 9.17) is 20.6 Å². The summed E-state index contributed by atoms with van der Waals surface area (Å²) in [7, 11) is 0. The number of carbonyl (C=O) groups excluding carboxylic acids is 1. The minimum absolute atomic E-state index is 0.0532. The molecule has 26 heavy (non-hydrogen) atoms. The number of halogens is 1. The van der Waals surface area contributed by atoms with Gasteiger partial charge in [0, 0.05) is 22.3 Å². The van der Waals surface area contributed by atoms with E-state index in [1.165, 1.54) is 0 Å². The smallest absolute Gasteiger partial charge is 0.301 e. The molecule has 0 fully saturated rings. The summed E-state index contributed by atoms with van der Waals surface area (Å²) in [6.45, 7) is 0.729. The van der Waals surface area contributed by atoms with Crippen molar-refractivity contribution in [2.45, 2.75) is 25.5 Å². The fourth-order valence-corrected chi connectivity index (χ4v) is 6.67. The predicted molar refractivity (Wildman–Crippen MR) is 108 cm³/mol. The molecule has 0 unspecified atom stereocenters. The van der Waals surface area contributed by atoms with Crippen molar-refractivity contribution in [2.75, 3.05) is 13.2 Å². The monoisotopic (exact) mass is 412 g/mol. The molecule has 7 heteroatoms. The Morgan fingerprint density at radius 3 is 2.15 bits per heavy atom. The van der Waals surface area contributed by atoms with Crippen molar-refractivity contribution in [1.82, 2.24) is 0 Å². The van der Waals surface area contributed by atoms with Crippen LogP contribution in [0.4, 0.5) is 0 Å². The second-order valence-electron chi connectivity index (χ2n) is 5.42. The normalized spacial score (nSPS) is 12.7. The van der Waals surface area contributed by atoms with Gasteiger partial charge in [0.1, 0.15) is 0 Å².